The minimum atomic E-state index is -0.389. The van der Waals surface area contributed by atoms with Gasteiger partial charge in [0.25, 0.3) is 0 Å². The Kier molecular flexibility index (Phi) is 4.22. The molecule has 0 N–H and O–H groups in total. The Morgan fingerprint density at radius 2 is 1.25 bits per heavy atom. The molecule has 0 aromatic heterocycles. The molecule has 186 valence electrons. The van der Waals surface area contributed by atoms with Gasteiger partial charge in [0.15, 0.2) is 0 Å². The zero-order valence-corrected chi connectivity index (χ0v) is 21.5. The molecule has 0 bridgehead atoms. The van der Waals surface area contributed by atoms with Gasteiger partial charge in [0.1, 0.15) is 0 Å². The molecule has 1 fully saturated rings. The SMILES string of the molecule is O=C1C(=O)C2C=CC=C3c4cc5c6c(cccc6c4C=C1C32)-c1c(-c2ccccc2)ccc(-c2ccccc2)c1-5. The minimum Gasteiger partial charge on any atom is -0.290 e. The van der Waals surface area contributed by atoms with Crippen LogP contribution in [0, 0.1) is 11.8 Å². The summed E-state index contributed by atoms with van der Waals surface area (Å²) in [5, 5.41) is 2.34. The number of rotatable bonds is 2. The summed E-state index contributed by atoms with van der Waals surface area (Å²) in [7, 11) is 0. The molecule has 9 rings (SSSR count). The van der Waals surface area contributed by atoms with Crippen molar-refractivity contribution in [1.29, 1.82) is 0 Å². The molecule has 0 heterocycles. The fraction of sp³-hybridized carbons (Fsp3) is 0.0526. The second-order valence-electron chi connectivity index (χ2n) is 11.1. The van der Waals surface area contributed by atoms with Crippen LogP contribution < -0.4 is 0 Å². The van der Waals surface area contributed by atoms with Gasteiger partial charge in [0.2, 0.25) is 11.6 Å². The number of fused-ring (bicyclic) bond motifs is 6. The molecular formula is C38H22O2. The molecular weight excluding hydrogens is 488 g/mol. The normalized spacial score (nSPS) is 19.3. The molecule has 2 unspecified atom stereocenters. The van der Waals surface area contributed by atoms with Crippen LogP contribution in [-0.2, 0) is 9.59 Å². The van der Waals surface area contributed by atoms with Crippen LogP contribution in [0.4, 0.5) is 0 Å². The van der Waals surface area contributed by atoms with E-state index in [1.54, 1.807) is 0 Å². The van der Waals surface area contributed by atoms with Crippen molar-refractivity contribution in [2.24, 2.45) is 11.8 Å². The van der Waals surface area contributed by atoms with E-state index in [2.05, 4.69) is 103 Å². The third-order valence-electron chi connectivity index (χ3n) is 9.14. The van der Waals surface area contributed by atoms with Crippen molar-refractivity contribution in [3.63, 3.8) is 0 Å². The predicted octanol–water partition coefficient (Wildman–Crippen LogP) is 8.56. The summed E-state index contributed by atoms with van der Waals surface area (Å²) in [5.41, 5.74) is 13.6. The number of Topliss-reactive ketones (excluding diaryl/α,β-unsaturated/α-hetero) is 2. The first-order valence-corrected chi connectivity index (χ1v) is 13.8. The number of carbonyl (C=O) groups excluding carboxylic acids is 2. The summed E-state index contributed by atoms with van der Waals surface area (Å²) < 4.78 is 0. The molecule has 2 heteroatoms. The number of benzene rings is 5. The summed E-state index contributed by atoms with van der Waals surface area (Å²) in [6.07, 6.45) is 7.97. The van der Waals surface area contributed by atoms with Crippen molar-refractivity contribution in [2.45, 2.75) is 0 Å². The van der Waals surface area contributed by atoms with E-state index >= 15 is 0 Å². The van der Waals surface area contributed by atoms with Crippen molar-refractivity contribution >= 4 is 34.0 Å². The summed E-state index contributed by atoms with van der Waals surface area (Å²) in [5.74, 6) is -1.19. The molecule has 40 heavy (non-hydrogen) atoms. The van der Waals surface area contributed by atoms with Gasteiger partial charge in [-0.1, -0.05) is 109 Å². The number of hydrogen-bond donors (Lipinski definition) is 0. The Bertz CT molecular complexity index is 2070. The third-order valence-corrected chi connectivity index (χ3v) is 9.14. The van der Waals surface area contributed by atoms with E-state index in [1.165, 1.54) is 49.9 Å². The highest BCUT2D eigenvalue weighted by atomic mass is 16.2. The van der Waals surface area contributed by atoms with Crippen LogP contribution in [-0.4, -0.2) is 11.6 Å². The standard InChI is InChI=1S/C38H22O2/c39-37-28-16-8-14-26-29-19-31-33-25(30(29)20-32(34(26)28)38(37)40)13-7-15-27(33)35-23(21-9-3-1-4-10-21)17-18-24(36(31)35)22-11-5-2-6-12-22/h1-20,28,34H. The number of carbonyl (C=O) groups is 2. The molecule has 4 aliphatic rings. The zero-order valence-electron chi connectivity index (χ0n) is 21.5. The van der Waals surface area contributed by atoms with E-state index in [4.69, 9.17) is 0 Å². The Hall–Kier alpha value is -5.08. The molecule has 0 spiro atoms. The smallest absolute Gasteiger partial charge is 0.225 e. The molecule has 1 saturated carbocycles. The second kappa shape index (κ2) is 7.74. The maximum atomic E-state index is 13.1. The van der Waals surface area contributed by atoms with Crippen LogP contribution >= 0.6 is 0 Å². The number of ketones is 2. The van der Waals surface area contributed by atoms with Crippen LogP contribution in [0.5, 0.6) is 0 Å². The van der Waals surface area contributed by atoms with Gasteiger partial charge in [0.05, 0.1) is 5.92 Å². The van der Waals surface area contributed by atoms with E-state index in [1.807, 2.05) is 18.2 Å². The van der Waals surface area contributed by atoms with Crippen molar-refractivity contribution in [2.75, 3.05) is 0 Å². The molecule has 0 amide bonds. The fourth-order valence-corrected chi connectivity index (χ4v) is 7.47. The van der Waals surface area contributed by atoms with E-state index < -0.39 is 0 Å². The third kappa shape index (κ3) is 2.68. The molecule has 5 aromatic carbocycles. The van der Waals surface area contributed by atoms with Gasteiger partial charge in [-0.25, -0.2) is 0 Å². The van der Waals surface area contributed by atoms with Gasteiger partial charge < -0.3 is 0 Å². The lowest BCUT2D eigenvalue weighted by atomic mass is 9.73. The van der Waals surface area contributed by atoms with Gasteiger partial charge >= 0.3 is 0 Å². The number of hydrogen-bond acceptors (Lipinski definition) is 2. The van der Waals surface area contributed by atoms with Gasteiger partial charge in [0, 0.05) is 11.5 Å². The average Bonchev–Trinajstić information content (AvgIpc) is 3.47. The van der Waals surface area contributed by atoms with Gasteiger partial charge in [-0.05, 0) is 84.1 Å². The summed E-state index contributed by atoms with van der Waals surface area (Å²) in [6.45, 7) is 0. The molecule has 0 aliphatic heterocycles. The van der Waals surface area contributed by atoms with Crippen molar-refractivity contribution in [3.8, 4) is 44.5 Å². The van der Waals surface area contributed by atoms with Crippen LogP contribution in [0.2, 0.25) is 0 Å². The largest absolute Gasteiger partial charge is 0.290 e. The molecule has 0 saturated heterocycles. The summed E-state index contributed by atoms with van der Waals surface area (Å²) in [4.78, 5) is 26.0. The van der Waals surface area contributed by atoms with Crippen LogP contribution in [0.1, 0.15) is 11.1 Å². The molecule has 2 nitrogen and oxygen atoms in total. The van der Waals surface area contributed by atoms with Crippen LogP contribution in [0.3, 0.4) is 0 Å². The number of allylic oxidation sites excluding steroid dienone is 5. The fourth-order valence-electron chi connectivity index (χ4n) is 7.47. The maximum Gasteiger partial charge on any atom is 0.225 e. The minimum absolute atomic E-state index is 0.185. The van der Waals surface area contributed by atoms with Crippen LogP contribution in [0.15, 0.2) is 121 Å². The van der Waals surface area contributed by atoms with Crippen molar-refractivity contribution < 1.29 is 9.59 Å². The molecule has 2 atom stereocenters. The zero-order chi connectivity index (χ0) is 26.5. The Morgan fingerprint density at radius 1 is 0.575 bits per heavy atom. The van der Waals surface area contributed by atoms with Gasteiger partial charge in [-0.15, -0.1) is 0 Å². The van der Waals surface area contributed by atoms with E-state index in [0.717, 1.165) is 22.1 Å². The lowest BCUT2D eigenvalue weighted by Crippen LogP contribution is -2.19. The molecule has 5 aromatic rings. The van der Waals surface area contributed by atoms with Crippen molar-refractivity contribution in [3.05, 3.63) is 132 Å². The Labute approximate surface area is 231 Å². The summed E-state index contributed by atoms with van der Waals surface area (Å²) in [6, 6.07) is 34.6. The first kappa shape index (κ1) is 21.8. The van der Waals surface area contributed by atoms with E-state index in [9.17, 15) is 9.59 Å². The first-order chi connectivity index (χ1) is 19.7. The predicted molar refractivity (Wildman–Crippen MR) is 161 cm³/mol. The molecule has 0 radical (unpaired) electrons. The second-order valence-corrected chi connectivity index (χ2v) is 11.1. The summed E-state index contributed by atoms with van der Waals surface area (Å²) >= 11 is 0. The van der Waals surface area contributed by atoms with Crippen LogP contribution in [0.25, 0.3) is 66.9 Å². The Morgan fingerprint density at radius 3 is 1.95 bits per heavy atom. The van der Waals surface area contributed by atoms with Gasteiger partial charge in [-0.2, -0.15) is 0 Å². The monoisotopic (exact) mass is 510 g/mol. The van der Waals surface area contributed by atoms with Crippen molar-refractivity contribution in [1.82, 2.24) is 0 Å². The Balaban J connectivity index is 1.42. The average molecular weight is 511 g/mol. The van der Waals surface area contributed by atoms with E-state index in [-0.39, 0.29) is 23.4 Å². The first-order valence-electron chi connectivity index (χ1n) is 13.8. The maximum absolute atomic E-state index is 13.1. The highest BCUT2D eigenvalue weighted by Gasteiger charge is 2.49. The topological polar surface area (TPSA) is 34.1 Å². The lowest BCUT2D eigenvalue weighted by molar-refractivity contribution is -0.133. The highest BCUT2D eigenvalue weighted by molar-refractivity contribution is 6.49. The quantitative estimate of drug-likeness (QED) is 0.219. The molecule has 4 aliphatic carbocycles. The van der Waals surface area contributed by atoms with Gasteiger partial charge in [-0.3, -0.25) is 9.59 Å². The lowest BCUT2D eigenvalue weighted by Gasteiger charge is -2.29. The van der Waals surface area contributed by atoms with E-state index in [0.29, 0.717) is 5.57 Å². The highest BCUT2D eigenvalue weighted by Crippen LogP contribution is 2.58.